The van der Waals surface area contributed by atoms with E-state index in [0.717, 1.165) is 14.0 Å². The van der Waals surface area contributed by atoms with Crippen LogP contribution in [0.1, 0.15) is 6.92 Å². The number of alkyl halides is 1. The molecule has 0 aliphatic carbocycles. The smallest absolute Gasteiger partial charge is 0.358 e. The number of rotatable bonds is 10. The maximum Gasteiger partial charge on any atom is 0.358 e. The molecular formula is C17H20ClN3O9S. The number of oxime groups is 1. The number of ketones is 1. The molecule has 0 radical (unpaired) electrons. The summed E-state index contributed by atoms with van der Waals surface area (Å²) in [4.78, 5) is 66.0. The molecule has 0 aromatic carbocycles. The van der Waals surface area contributed by atoms with Gasteiger partial charge in [-0.3, -0.25) is 24.1 Å². The van der Waals surface area contributed by atoms with Crippen molar-refractivity contribution in [2.24, 2.45) is 5.16 Å². The quantitative estimate of drug-likeness (QED) is 0.0802. The highest BCUT2D eigenvalue weighted by Gasteiger charge is 2.54. The van der Waals surface area contributed by atoms with E-state index in [2.05, 4.69) is 20.0 Å². The van der Waals surface area contributed by atoms with Gasteiger partial charge in [0.2, 0.25) is 18.3 Å². The highest BCUT2D eigenvalue weighted by atomic mass is 35.5. The number of hydrogen-bond donors (Lipinski definition) is 1. The second-order valence-electron chi connectivity index (χ2n) is 6.11. The molecule has 0 spiro atoms. The van der Waals surface area contributed by atoms with Gasteiger partial charge in [0.15, 0.2) is 0 Å². The fourth-order valence-electron chi connectivity index (χ4n) is 2.77. The van der Waals surface area contributed by atoms with E-state index < -0.39 is 59.3 Å². The molecule has 2 atom stereocenters. The molecule has 1 N–H and O–H groups in total. The number of amides is 2. The number of hydrogen-bond acceptors (Lipinski definition) is 11. The summed E-state index contributed by atoms with van der Waals surface area (Å²) in [6.45, 7) is 0.599. The topological polar surface area (TPSA) is 150 Å². The number of ether oxygens (including phenoxy) is 3. The standard InChI is InChI=1S/C17H20ClN3O9S/c1-8(22)29-7-30-17(26)13-9(5-27-2)6-31-16-12(15(25)21(13)16)19-14(24)11(20-28-3)10(23)4-18/h12,16H,4-7H2,1-3H3,(H,19,24)/t12?,16-/m0/s1. The molecule has 0 bridgehead atoms. The van der Waals surface area contributed by atoms with Gasteiger partial charge in [0.1, 0.15) is 24.2 Å². The number of nitrogens with one attached hydrogen (secondary N) is 1. The van der Waals surface area contributed by atoms with Crippen molar-refractivity contribution >= 4 is 58.6 Å². The average molecular weight is 478 g/mol. The second kappa shape index (κ2) is 11.1. The SMILES string of the molecule is COCC1=C(C(=O)OCOC(C)=O)N2C(=O)C(NC(=O)C(=NOC)C(=O)CCl)[C@@H]2SC1. The Hall–Kier alpha value is -2.64. The number of thioether (sulfide) groups is 1. The largest absolute Gasteiger partial charge is 0.428 e. The van der Waals surface area contributed by atoms with E-state index in [1.54, 1.807) is 0 Å². The lowest BCUT2D eigenvalue weighted by Gasteiger charge is -2.49. The Balaban J connectivity index is 2.18. The van der Waals surface area contributed by atoms with E-state index in [9.17, 15) is 24.0 Å². The molecule has 2 rings (SSSR count). The first kappa shape index (κ1) is 24.6. The Morgan fingerprint density at radius 2 is 1.97 bits per heavy atom. The Morgan fingerprint density at radius 3 is 2.55 bits per heavy atom. The molecule has 1 unspecified atom stereocenters. The van der Waals surface area contributed by atoms with Gasteiger partial charge in [0.05, 0.1) is 12.5 Å². The molecule has 2 amide bonds. The lowest BCUT2D eigenvalue weighted by molar-refractivity contribution is -0.166. The fraction of sp³-hybridized carbons (Fsp3) is 0.529. The normalized spacial score (nSPS) is 20.5. The molecule has 1 saturated heterocycles. The minimum Gasteiger partial charge on any atom is -0.428 e. The van der Waals surface area contributed by atoms with Crippen molar-refractivity contribution in [2.45, 2.75) is 18.3 Å². The molecule has 31 heavy (non-hydrogen) atoms. The lowest BCUT2D eigenvalue weighted by Crippen LogP contribution is -2.71. The number of fused-ring (bicyclic) bond motifs is 1. The van der Waals surface area contributed by atoms with E-state index in [-0.39, 0.29) is 12.3 Å². The van der Waals surface area contributed by atoms with E-state index in [1.807, 2.05) is 0 Å². The molecule has 0 aromatic rings. The van der Waals surface area contributed by atoms with Crippen molar-refractivity contribution in [3.05, 3.63) is 11.3 Å². The van der Waals surface area contributed by atoms with E-state index >= 15 is 0 Å². The van der Waals surface area contributed by atoms with Crippen LogP contribution in [-0.2, 0) is 43.0 Å². The van der Waals surface area contributed by atoms with Crippen LogP contribution < -0.4 is 5.32 Å². The van der Waals surface area contributed by atoms with Crippen LogP contribution in [0.5, 0.6) is 0 Å². The van der Waals surface area contributed by atoms with E-state index in [0.29, 0.717) is 11.3 Å². The molecule has 2 aliphatic heterocycles. The fourth-order valence-corrected chi connectivity index (χ4v) is 4.23. The Labute approximate surface area is 186 Å². The monoisotopic (exact) mass is 477 g/mol. The first-order valence-electron chi connectivity index (χ1n) is 8.74. The van der Waals surface area contributed by atoms with Gasteiger partial charge in [-0.05, 0) is 5.57 Å². The van der Waals surface area contributed by atoms with Gasteiger partial charge in [0, 0.05) is 19.8 Å². The van der Waals surface area contributed by atoms with Gasteiger partial charge in [-0.1, -0.05) is 5.16 Å². The molecule has 0 aromatic heterocycles. The number of nitrogens with zero attached hydrogens (tertiary/aromatic N) is 2. The third kappa shape index (κ3) is 5.54. The first-order chi connectivity index (χ1) is 14.8. The number of esters is 2. The van der Waals surface area contributed by atoms with Crippen LogP contribution in [0.4, 0.5) is 0 Å². The minimum atomic E-state index is -1.02. The second-order valence-corrected chi connectivity index (χ2v) is 7.48. The molecular weight excluding hydrogens is 458 g/mol. The molecule has 2 aliphatic rings. The third-order valence-corrected chi connectivity index (χ3v) is 5.66. The zero-order valence-corrected chi connectivity index (χ0v) is 18.4. The van der Waals surface area contributed by atoms with Crippen molar-refractivity contribution in [3.63, 3.8) is 0 Å². The molecule has 1 fully saturated rings. The molecule has 12 nitrogen and oxygen atoms in total. The summed E-state index contributed by atoms with van der Waals surface area (Å²) in [7, 11) is 2.58. The number of β-lactam (4-membered cyclic amide) rings is 1. The third-order valence-electron chi connectivity index (χ3n) is 4.08. The number of methoxy groups -OCH3 is 1. The van der Waals surface area contributed by atoms with E-state index in [4.69, 9.17) is 21.1 Å². The lowest BCUT2D eigenvalue weighted by atomic mass is 10.0. The maximum atomic E-state index is 12.7. The zero-order chi connectivity index (χ0) is 23.1. The van der Waals surface area contributed by atoms with Crippen molar-refractivity contribution in [1.82, 2.24) is 10.2 Å². The van der Waals surface area contributed by atoms with Crippen LogP contribution in [0.3, 0.4) is 0 Å². The highest BCUT2D eigenvalue weighted by Crippen LogP contribution is 2.40. The van der Waals surface area contributed by atoms with Gasteiger partial charge in [-0.25, -0.2) is 4.79 Å². The van der Waals surface area contributed by atoms with Crippen molar-refractivity contribution in [1.29, 1.82) is 0 Å². The average Bonchev–Trinajstić information content (AvgIpc) is 2.74. The summed E-state index contributed by atoms with van der Waals surface area (Å²) < 4.78 is 14.6. The van der Waals surface area contributed by atoms with Crippen LogP contribution in [0, 0.1) is 0 Å². The van der Waals surface area contributed by atoms with Gasteiger partial charge in [0.25, 0.3) is 11.8 Å². The van der Waals surface area contributed by atoms with Crippen molar-refractivity contribution in [2.75, 3.05) is 39.3 Å². The van der Waals surface area contributed by atoms with Crippen molar-refractivity contribution < 1.29 is 43.0 Å². The number of halogens is 1. The van der Waals surface area contributed by atoms with Gasteiger partial charge >= 0.3 is 11.9 Å². The molecule has 170 valence electrons. The highest BCUT2D eigenvalue weighted by molar-refractivity contribution is 8.00. The number of Topliss-reactive ketones (excluding diaryl/α,β-unsaturated/α-hetero) is 1. The van der Waals surface area contributed by atoms with Gasteiger partial charge in [-0.15, -0.1) is 23.4 Å². The Bertz CT molecular complexity index is 845. The Morgan fingerprint density at radius 1 is 1.26 bits per heavy atom. The zero-order valence-electron chi connectivity index (χ0n) is 16.8. The van der Waals surface area contributed by atoms with Crippen LogP contribution in [0.2, 0.25) is 0 Å². The van der Waals surface area contributed by atoms with E-state index in [1.165, 1.54) is 23.8 Å². The summed E-state index contributed by atoms with van der Waals surface area (Å²) in [5.74, 6) is -4.02. The summed E-state index contributed by atoms with van der Waals surface area (Å²) in [5, 5.41) is 5.14. The first-order valence-corrected chi connectivity index (χ1v) is 10.3. The minimum absolute atomic E-state index is 0.0455. The molecule has 0 saturated carbocycles. The van der Waals surface area contributed by atoms with Crippen LogP contribution >= 0.6 is 23.4 Å². The summed E-state index contributed by atoms with van der Waals surface area (Å²) in [6, 6.07) is -1.02. The number of carbonyl (C=O) groups excluding carboxylic acids is 5. The predicted octanol–water partition coefficient (Wildman–Crippen LogP) is -0.839. The predicted molar refractivity (Wildman–Crippen MR) is 107 cm³/mol. The number of carbonyl (C=O) groups is 5. The summed E-state index contributed by atoms with van der Waals surface area (Å²) in [5.41, 5.74) is -0.134. The van der Waals surface area contributed by atoms with Crippen LogP contribution in [-0.4, -0.2) is 90.8 Å². The van der Waals surface area contributed by atoms with Gasteiger partial charge < -0.3 is 24.4 Å². The van der Waals surface area contributed by atoms with Crippen molar-refractivity contribution in [3.8, 4) is 0 Å². The molecule has 14 heteroatoms. The molecule has 2 heterocycles. The van der Waals surface area contributed by atoms with Crippen LogP contribution in [0.25, 0.3) is 0 Å². The van der Waals surface area contributed by atoms with Gasteiger partial charge in [-0.2, -0.15) is 0 Å². The Kier molecular flexibility index (Phi) is 8.83. The summed E-state index contributed by atoms with van der Waals surface area (Å²) >= 11 is 6.75. The summed E-state index contributed by atoms with van der Waals surface area (Å²) in [6.07, 6.45) is 0. The van der Waals surface area contributed by atoms with Crippen LogP contribution in [0.15, 0.2) is 16.4 Å². The maximum absolute atomic E-state index is 12.7.